The van der Waals surface area contributed by atoms with Gasteiger partial charge in [-0.25, -0.2) is 12.7 Å². The maximum atomic E-state index is 12.4. The molecule has 4 nitrogen and oxygen atoms in total. The maximum absolute atomic E-state index is 12.4. The van der Waals surface area contributed by atoms with Crippen LogP contribution in [0, 0.1) is 12.8 Å². The Morgan fingerprint density at radius 3 is 2.60 bits per heavy atom. The largest absolute Gasteiger partial charge is 0.316 e. The predicted molar refractivity (Wildman–Crippen MR) is 82.0 cm³/mol. The van der Waals surface area contributed by atoms with Crippen LogP contribution in [0.15, 0.2) is 24.3 Å². The quantitative estimate of drug-likeness (QED) is 0.900. The third-order valence-electron chi connectivity index (χ3n) is 3.85. The molecule has 0 aromatic heterocycles. The summed E-state index contributed by atoms with van der Waals surface area (Å²) < 4.78 is 26.2. The van der Waals surface area contributed by atoms with E-state index in [0.717, 1.165) is 31.5 Å². The van der Waals surface area contributed by atoms with Crippen LogP contribution in [0.4, 0.5) is 0 Å². The molecule has 0 bridgehead atoms. The molecule has 1 N–H and O–H groups in total. The van der Waals surface area contributed by atoms with Crippen molar-refractivity contribution in [3.63, 3.8) is 0 Å². The first kappa shape index (κ1) is 15.5. The van der Waals surface area contributed by atoms with Crippen LogP contribution >= 0.6 is 0 Å². The van der Waals surface area contributed by atoms with Crippen LogP contribution in [-0.2, 0) is 16.6 Å². The average Bonchev–Trinajstić information content (AvgIpc) is 2.42. The van der Waals surface area contributed by atoms with E-state index in [-0.39, 0.29) is 11.7 Å². The number of rotatable bonds is 5. The lowest BCUT2D eigenvalue weighted by molar-refractivity contribution is 0.391. The Balaban J connectivity index is 1.95. The van der Waals surface area contributed by atoms with E-state index in [9.17, 15) is 8.42 Å². The van der Waals surface area contributed by atoms with Crippen molar-refractivity contribution in [2.24, 2.45) is 5.92 Å². The van der Waals surface area contributed by atoms with Crippen molar-refractivity contribution in [1.29, 1.82) is 0 Å². The second kappa shape index (κ2) is 6.70. The molecule has 0 spiro atoms. The second-order valence-corrected chi connectivity index (χ2v) is 7.85. The van der Waals surface area contributed by atoms with Gasteiger partial charge in [0.2, 0.25) is 10.0 Å². The average molecular weight is 296 g/mol. The molecular formula is C15H24N2O2S. The Bertz CT molecular complexity index is 519. The van der Waals surface area contributed by atoms with E-state index in [2.05, 4.69) is 5.32 Å². The van der Waals surface area contributed by atoms with Crippen molar-refractivity contribution in [2.75, 3.05) is 25.9 Å². The van der Waals surface area contributed by atoms with Crippen LogP contribution < -0.4 is 5.32 Å². The third-order valence-corrected chi connectivity index (χ3v) is 5.82. The van der Waals surface area contributed by atoms with E-state index in [1.54, 1.807) is 7.05 Å². The number of nitrogens with zero attached hydrogens (tertiary/aromatic N) is 1. The monoisotopic (exact) mass is 296 g/mol. The van der Waals surface area contributed by atoms with E-state index in [1.165, 1.54) is 9.87 Å². The number of piperidine rings is 1. The molecule has 112 valence electrons. The number of hydrogen-bond acceptors (Lipinski definition) is 3. The van der Waals surface area contributed by atoms with Gasteiger partial charge in [-0.3, -0.25) is 0 Å². The Morgan fingerprint density at radius 1 is 1.30 bits per heavy atom. The summed E-state index contributed by atoms with van der Waals surface area (Å²) in [6, 6.07) is 8.01. The van der Waals surface area contributed by atoms with Gasteiger partial charge in [-0.05, 0) is 44.3 Å². The summed E-state index contributed by atoms with van der Waals surface area (Å²) in [4.78, 5) is 0. The number of hydrogen-bond donors (Lipinski definition) is 1. The van der Waals surface area contributed by atoms with Gasteiger partial charge in [0.25, 0.3) is 0 Å². The molecule has 0 aliphatic carbocycles. The zero-order chi connectivity index (χ0) is 14.6. The number of nitrogens with one attached hydrogen (secondary N) is 1. The highest BCUT2D eigenvalue weighted by atomic mass is 32.2. The Labute approximate surface area is 122 Å². The highest BCUT2D eigenvalue weighted by molar-refractivity contribution is 7.89. The highest BCUT2D eigenvalue weighted by Crippen LogP contribution is 2.16. The molecule has 0 amide bonds. The first-order valence-electron chi connectivity index (χ1n) is 7.17. The van der Waals surface area contributed by atoms with Gasteiger partial charge in [-0.1, -0.05) is 29.8 Å². The van der Waals surface area contributed by atoms with Crippen molar-refractivity contribution in [3.8, 4) is 0 Å². The molecule has 1 aliphatic heterocycles. The van der Waals surface area contributed by atoms with Gasteiger partial charge in [0.05, 0.1) is 5.75 Å². The van der Waals surface area contributed by atoms with Gasteiger partial charge in [-0.15, -0.1) is 0 Å². The Kier molecular flexibility index (Phi) is 5.18. The molecule has 1 aliphatic rings. The minimum atomic E-state index is -3.17. The summed E-state index contributed by atoms with van der Waals surface area (Å²) in [7, 11) is -1.50. The molecule has 1 saturated heterocycles. The number of sulfonamides is 1. The molecule has 1 aromatic rings. The molecule has 1 fully saturated rings. The minimum Gasteiger partial charge on any atom is -0.316 e. The van der Waals surface area contributed by atoms with E-state index < -0.39 is 10.0 Å². The van der Waals surface area contributed by atoms with Crippen molar-refractivity contribution in [1.82, 2.24) is 9.62 Å². The van der Waals surface area contributed by atoms with E-state index in [0.29, 0.717) is 6.54 Å². The zero-order valence-corrected chi connectivity index (χ0v) is 13.1. The molecule has 0 saturated carbocycles. The van der Waals surface area contributed by atoms with E-state index in [4.69, 9.17) is 0 Å². The molecular weight excluding hydrogens is 272 g/mol. The molecule has 20 heavy (non-hydrogen) atoms. The van der Waals surface area contributed by atoms with Crippen molar-refractivity contribution in [3.05, 3.63) is 35.4 Å². The third kappa shape index (κ3) is 4.30. The first-order valence-corrected chi connectivity index (χ1v) is 8.78. The second-order valence-electron chi connectivity index (χ2n) is 5.73. The lowest BCUT2D eigenvalue weighted by Crippen LogP contribution is -2.38. The van der Waals surface area contributed by atoms with Gasteiger partial charge in [0.1, 0.15) is 0 Å². The first-order chi connectivity index (χ1) is 9.47. The highest BCUT2D eigenvalue weighted by Gasteiger charge is 2.24. The van der Waals surface area contributed by atoms with Crippen LogP contribution in [0.2, 0.25) is 0 Å². The Hall–Kier alpha value is -0.910. The zero-order valence-electron chi connectivity index (χ0n) is 12.3. The molecule has 0 radical (unpaired) electrons. The summed E-state index contributed by atoms with van der Waals surface area (Å²) in [5.74, 6) is 0.497. The fourth-order valence-electron chi connectivity index (χ4n) is 2.54. The summed E-state index contributed by atoms with van der Waals surface area (Å²) >= 11 is 0. The summed E-state index contributed by atoms with van der Waals surface area (Å²) in [6.07, 6.45) is 2.08. The molecule has 1 atom stereocenters. The lowest BCUT2D eigenvalue weighted by Gasteiger charge is -2.25. The van der Waals surface area contributed by atoms with Gasteiger partial charge in [0.15, 0.2) is 0 Å². The number of aryl methyl sites for hydroxylation is 1. The molecule has 1 heterocycles. The fraction of sp³-hybridized carbons (Fsp3) is 0.600. The predicted octanol–water partition coefficient (Wildman–Crippen LogP) is 1.76. The van der Waals surface area contributed by atoms with Crippen molar-refractivity contribution >= 4 is 10.0 Å². The fourth-order valence-corrected chi connectivity index (χ4v) is 4.02. The SMILES string of the molecule is Cc1ccc(CN(C)S(=O)(=O)CC2CCCNC2)cc1. The van der Waals surface area contributed by atoms with Crippen LogP contribution in [0.5, 0.6) is 0 Å². The maximum Gasteiger partial charge on any atom is 0.214 e. The van der Waals surface area contributed by atoms with Crippen molar-refractivity contribution in [2.45, 2.75) is 26.3 Å². The van der Waals surface area contributed by atoms with Gasteiger partial charge >= 0.3 is 0 Å². The smallest absolute Gasteiger partial charge is 0.214 e. The normalized spacial score (nSPS) is 20.2. The van der Waals surface area contributed by atoms with Crippen LogP contribution in [0.25, 0.3) is 0 Å². The van der Waals surface area contributed by atoms with Crippen LogP contribution in [0.1, 0.15) is 24.0 Å². The van der Waals surface area contributed by atoms with Crippen LogP contribution in [0.3, 0.4) is 0 Å². The standard InChI is InChI=1S/C15H24N2O2S/c1-13-5-7-14(8-6-13)11-17(2)20(18,19)12-15-4-3-9-16-10-15/h5-8,15-16H,3-4,9-12H2,1-2H3. The Morgan fingerprint density at radius 2 is 2.00 bits per heavy atom. The van der Waals surface area contributed by atoms with Crippen molar-refractivity contribution < 1.29 is 8.42 Å². The minimum absolute atomic E-state index is 0.245. The molecule has 1 aromatic carbocycles. The summed E-state index contributed by atoms with van der Waals surface area (Å²) in [5.41, 5.74) is 2.22. The number of benzene rings is 1. The van der Waals surface area contributed by atoms with Crippen LogP contribution in [-0.4, -0.2) is 38.6 Å². The molecule has 2 rings (SSSR count). The lowest BCUT2D eigenvalue weighted by atomic mass is 10.0. The van der Waals surface area contributed by atoms with Gasteiger partial charge in [0, 0.05) is 13.6 Å². The van der Waals surface area contributed by atoms with E-state index >= 15 is 0 Å². The topological polar surface area (TPSA) is 49.4 Å². The van der Waals surface area contributed by atoms with Gasteiger partial charge in [-0.2, -0.15) is 0 Å². The van der Waals surface area contributed by atoms with Gasteiger partial charge < -0.3 is 5.32 Å². The molecule has 5 heteroatoms. The summed E-state index contributed by atoms with van der Waals surface area (Å²) in [6.45, 7) is 4.30. The van der Waals surface area contributed by atoms with E-state index in [1.807, 2.05) is 31.2 Å². The summed E-state index contributed by atoms with van der Waals surface area (Å²) in [5, 5.41) is 3.27. The molecule has 1 unspecified atom stereocenters.